The second kappa shape index (κ2) is 7.39. The van der Waals surface area contributed by atoms with Crippen LogP contribution in [0.25, 0.3) is 11.0 Å². The second-order valence-corrected chi connectivity index (χ2v) is 8.07. The van der Waals surface area contributed by atoms with Gasteiger partial charge in [-0.15, -0.1) is 5.10 Å². The number of aryl methyl sites for hydroxylation is 1. The van der Waals surface area contributed by atoms with Gasteiger partial charge in [0.1, 0.15) is 11.3 Å². The lowest BCUT2D eigenvalue weighted by Gasteiger charge is -2.26. The lowest BCUT2D eigenvalue weighted by molar-refractivity contribution is 0.0435. The van der Waals surface area contributed by atoms with Gasteiger partial charge < -0.3 is 5.11 Å². The minimum absolute atomic E-state index is 0.125. The van der Waals surface area contributed by atoms with Gasteiger partial charge in [0.25, 0.3) is 0 Å². The summed E-state index contributed by atoms with van der Waals surface area (Å²) in [6, 6.07) is 11.3. The molecule has 2 unspecified atom stereocenters. The Labute approximate surface area is 160 Å². The van der Waals surface area contributed by atoms with Crippen molar-refractivity contribution in [1.29, 1.82) is 0 Å². The molecule has 0 spiro atoms. The predicted molar refractivity (Wildman–Crippen MR) is 106 cm³/mol. The monoisotopic (exact) mass is 369 g/mol. The summed E-state index contributed by atoms with van der Waals surface area (Å²) < 4.78 is 16.1. The van der Waals surface area contributed by atoms with Crippen LogP contribution >= 0.6 is 0 Å². The molecule has 0 bridgehead atoms. The van der Waals surface area contributed by atoms with E-state index in [0.29, 0.717) is 17.5 Å². The maximum atomic E-state index is 14.3. The van der Waals surface area contributed by atoms with Gasteiger partial charge >= 0.3 is 0 Å². The van der Waals surface area contributed by atoms with E-state index in [1.165, 1.54) is 11.6 Å². The molecular weight excluding hydrogens is 341 g/mol. The zero-order valence-corrected chi connectivity index (χ0v) is 16.7. The van der Waals surface area contributed by atoms with Gasteiger partial charge in [0, 0.05) is 7.05 Å². The number of aliphatic hydroxyl groups is 1. The van der Waals surface area contributed by atoms with Crippen LogP contribution in [0.3, 0.4) is 0 Å². The Morgan fingerprint density at radius 2 is 1.89 bits per heavy atom. The zero-order chi connectivity index (χ0) is 19.8. The SMILES string of the molecule is CC(C)c1ccc(C(C)(O)CCC(C)c2ccc3nnn(C)c3c2)cc1F. The Balaban J connectivity index is 1.73. The van der Waals surface area contributed by atoms with Crippen molar-refractivity contribution in [2.24, 2.45) is 7.05 Å². The highest BCUT2D eigenvalue weighted by atomic mass is 19.1. The Bertz CT molecular complexity index is 946. The van der Waals surface area contributed by atoms with Crippen molar-refractivity contribution < 1.29 is 9.50 Å². The molecule has 144 valence electrons. The van der Waals surface area contributed by atoms with Crippen molar-refractivity contribution in [3.05, 3.63) is 58.9 Å². The number of fused-ring (bicyclic) bond motifs is 1. The highest BCUT2D eigenvalue weighted by Gasteiger charge is 2.25. The molecule has 1 aromatic heterocycles. The van der Waals surface area contributed by atoms with Crippen molar-refractivity contribution >= 4 is 11.0 Å². The maximum Gasteiger partial charge on any atom is 0.127 e. The molecule has 0 saturated carbocycles. The van der Waals surface area contributed by atoms with Crippen LogP contribution in [0.15, 0.2) is 36.4 Å². The van der Waals surface area contributed by atoms with Crippen LogP contribution in [-0.2, 0) is 12.6 Å². The summed E-state index contributed by atoms with van der Waals surface area (Å²) >= 11 is 0. The van der Waals surface area contributed by atoms with E-state index in [0.717, 1.165) is 17.5 Å². The van der Waals surface area contributed by atoms with E-state index in [2.05, 4.69) is 29.4 Å². The van der Waals surface area contributed by atoms with Crippen LogP contribution in [0.2, 0.25) is 0 Å². The average Bonchev–Trinajstić information content (AvgIpc) is 3.00. The molecule has 2 aromatic carbocycles. The van der Waals surface area contributed by atoms with Crippen LogP contribution < -0.4 is 0 Å². The minimum Gasteiger partial charge on any atom is -0.385 e. The Morgan fingerprint density at radius 3 is 2.56 bits per heavy atom. The number of halogens is 1. The first kappa shape index (κ1) is 19.5. The van der Waals surface area contributed by atoms with E-state index in [9.17, 15) is 9.50 Å². The lowest BCUT2D eigenvalue weighted by Crippen LogP contribution is -2.22. The van der Waals surface area contributed by atoms with E-state index in [1.807, 2.05) is 33.0 Å². The standard InChI is InChI=1S/C22H28FN3O/c1-14(2)18-8-7-17(13-19(18)23)22(4,27)11-10-15(3)16-6-9-20-21(12-16)26(5)25-24-20/h6-9,12-15,27H,10-11H2,1-5H3. The summed E-state index contributed by atoms with van der Waals surface area (Å²) in [6.07, 6.45) is 1.34. The number of benzene rings is 2. The fourth-order valence-corrected chi connectivity index (χ4v) is 3.49. The second-order valence-electron chi connectivity index (χ2n) is 8.07. The number of rotatable bonds is 6. The first-order valence-corrected chi connectivity index (χ1v) is 9.50. The quantitative estimate of drug-likeness (QED) is 0.663. The average molecular weight is 369 g/mol. The molecule has 3 rings (SSSR count). The van der Waals surface area contributed by atoms with Crippen LogP contribution in [0.1, 0.15) is 69.1 Å². The molecule has 0 fully saturated rings. The maximum absolute atomic E-state index is 14.3. The smallest absolute Gasteiger partial charge is 0.127 e. The zero-order valence-electron chi connectivity index (χ0n) is 16.7. The summed E-state index contributed by atoms with van der Waals surface area (Å²) in [5.41, 5.74) is 3.30. The third kappa shape index (κ3) is 4.03. The molecule has 3 aromatic rings. The van der Waals surface area contributed by atoms with Gasteiger partial charge in [0.15, 0.2) is 0 Å². The Kier molecular flexibility index (Phi) is 5.33. The van der Waals surface area contributed by atoms with Crippen molar-refractivity contribution in [3.8, 4) is 0 Å². The fourth-order valence-electron chi connectivity index (χ4n) is 3.49. The predicted octanol–water partition coefficient (Wildman–Crippen LogP) is 5.02. The Morgan fingerprint density at radius 1 is 1.15 bits per heavy atom. The first-order chi connectivity index (χ1) is 12.7. The molecule has 0 aliphatic heterocycles. The van der Waals surface area contributed by atoms with Gasteiger partial charge in [-0.3, -0.25) is 0 Å². The Hall–Kier alpha value is -2.27. The molecule has 5 heteroatoms. The minimum atomic E-state index is -1.07. The summed E-state index contributed by atoms with van der Waals surface area (Å²) in [7, 11) is 1.88. The van der Waals surface area contributed by atoms with Gasteiger partial charge in [-0.2, -0.15) is 0 Å². The molecule has 0 amide bonds. The van der Waals surface area contributed by atoms with E-state index >= 15 is 0 Å². The summed E-state index contributed by atoms with van der Waals surface area (Å²) in [6.45, 7) is 7.83. The summed E-state index contributed by atoms with van der Waals surface area (Å²) in [4.78, 5) is 0. The van der Waals surface area contributed by atoms with Gasteiger partial charge in [0.05, 0.1) is 11.1 Å². The van der Waals surface area contributed by atoms with E-state index in [4.69, 9.17) is 0 Å². The number of aromatic nitrogens is 3. The van der Waals surface area contributed by atoms with Crippen LogP contribution in [0, 0.1) is 5.82 Å². The van der Waals surface area contributed by atoms with Crippen molar-refractivity contribution in [2.45, 2.75) is 58.0 Å². The molecule has 2 atom stereocenters. The van der Waals surface area contributed by atoms with E-state index in [-0.39, 0.29) is 17.7 Å². The van der Waals surface area contributed by atoms with Crippen molar-refractivity contribution in [2.75, 3.05) is 0 Å². The van der Waals surface area contributed by atoms with Gasteiger partial charge in [-0.05, 0) is 66.5 Å². The first-order valence-electron chi connectivity index (χ1n) is 9.50. The molecular formula is C22H28FN3O. The molecule has 1 N–H and O–H groups in total. The molecule has 0 radical (unpaired) electrons. The van der Waals surface area contributed by atoms with Gasteiger partial charge in [-0.25, -0.2) is 9.07 Å². The molecule has 0 aliphatic carbocycles. The summed E-state index contributed by atoms with van der Waals surface area (Å²) in [5, 5.41) is 19.1. The highest BCUT2D eigenvalue weighted by molar-refractivity contribution is 5.75. The molecule has 0 aliphatic rings. The fraction of sp³-hybridized carbons (Fsp3) is 0.455. The number of hydrogen-bond acceptors (Lipinski definition) is 3. The normalized spacial score (nSPS) is 15.3. The topological polar surface area (TPSA) is 50.9 Å². The lowest BCUT2D eigenvalue weighted by atomic mass is 9.85. The van der Waals surface area contributed by atoms with Gasteiger partial charge in [-0.1, -0.05) is 44.2 Å². The van der Waals surface area contributed by atoms with Crippen molar-refractivity contribution in [1.82, 2.24) is 15.0 Å². The number of nitrogens with zero attached hydrogens (tertiary/aromatic N) is 3. The largest absolute Gasteiger partial charge is 0.385 e. The molecule has 1 heterocycles. The van der Waals surface area contributed by atoms with E-state index < -0.39 is 5.60 Å². The third-order valence-electron chi connectivity index (χ3n) is 5.51. The highest BCUT2D eigenvalue weighted by Crippen LogP contribution is 2.33. The molecule has 4 nitrogen and oxygen atoms in total. The van der Waals surface area contributed by atoms with Crippen LogP contribution in [-0.4, -0.2) is 20.1 Å². The van der Waals surface area contributed by atoms with Crippen LogP contribution in [0.5, 0.6) is 0 Å². The molecule has 27 heavy (non-hydrogen) atoms. The van der Waals surface area contributed by atoms with Crippen molar-refractivity contribution in [3.63, 3.8) is 0 Å². The number of hydrogen-bond donors (Lipinski definition) is 1. The van der Waals surface area contributed by atoms with Crippen LogP contribution in [0.4, 0.5) is 4.39 Å². The third-order valence-corrected chi connectivity index (χ3v) is 5.51. The van der Waals surface area contributed by atoms with Gasteiger partial charge in [0.2, 0.25) is 0 Å². The molecule has 0 saturated heterocycles. The summed E-state index contributed by atoms with van der Waals surface area (Å²) in [5.74, 6) is 0.140. The van der Waals surface area contributed by atoms with E-state index in [1.54, 1.807) is 17.7 Å².